The van der Waals surface area contributed by atoms with Crippen LogP contribution in [0, 0.1) is 5.92 Å². The number of nitrogens with zero attached hydrogens (tertiary/aromatic N) is 4. The Bertz CT molecular complexity index is 1450. The number of amides is 2. The summed E-state index contributed by atoms with van der Waals surface area (Å²) < 4.78 is 6.69. The number of urea groups is 1. The number of fused-ring (bicyclic) bond motifs is 1. The molecule has 1 aromatic carbocycles. The monoisotopic (exact) mass is 531 g/mol. The molecule has 1 atom stereocenters. The first kappa shape index (κ1) is 25.7. The Morgan fingerprint density at radius 1 is 1.16 bits per heavy atom. The molecule has 196 valence electrons. The fourth-order valence-corrected chi connectivity index (χ4v) is 5.26. The predicted molar refractivity (Wildman–Crippen MR) is 147 cm³/mol. The van der Waals surface area contributed by atoms with Gasteiger partial charge in [0.15, 0.2) is 16.6 Å². The maximum Gasteiger partial charge on any atom is 0.321 e. The Morgan fingerprint density at radius 2 is 1.97 bits per heavy atom. The molecule has 1 fully saturated rings. The second-order valence-corrected chi connectivity index (χ2v) is 10.5. The van der Waals surface area contributed by atoms with Gasteiger partial charge in [-0.1, -0.05) is 17.4 Å². The van der Waals surface area contributed by atoms with Crippen molar-refractivity contribution in [3.8, 4) is 22.4 Å². The molecule has 4 heterocycles. The minimum atomic E-state index is -0.962. The molecule has 10 nitrogen and oxygen atoms in total. The standard InChI is InChI=1S/C27H29N7O3S/c1-4-29-25(36)34-26-33-21-12-17(11-19(22(21)38-26)20-7-5-6-9-30-20)18-14-31-24(32-15-18)27(2,3)37-23(35)16-8-10-28-13-16/h5-7,9,11-12,14-16,28H,4,8,10,13H2,1-3H3,(H2,29,33,34,36)/t16-/m1/s1. The van der Waals surface area contributed by atoms with E-state index >= 15 is 0 Å². The lowest BCUT2D eigenvalue weighted by Crippen LogP contribution is -2.32. The summed E-state index contributed by atoms with van der Waals surface area (Å²) in [5.74, 6) is 0.0446. The summed E-state index contributed by atoms with van der Waals surface area (Å²) in [7, 11) is 0. The molecule has 4 aromatic rings. The lowest BCUT2D eigenvalue weighted by atomic mass is 10.0. The number of nitrogens with one attached hydrogen (secondary N) is 3. The van der Waals surface area contributed by atoms with Crippen LogP contribution in [0.3, 0.4) is 0 Å². The van der Waals surface area contributed by atoms with Crippen LogP contribution >= 0.6 is 11.3 Å². The second kappa shape index (κ2) is 10.8. The molecule has 2 amide bonds. The van der Waals surface area contributed by atoms with E-state index < -0.39 is 5.60 Å². The zero-order valence-corrected chi connectivity index (χ0v) is 22.3. The van der Waals surface area contributed by atoms with Gasteiger partial charge in [0.2, 0.25) is 0 Å². The first-order valence-corrected chi connectivity index (χ1v) is 13.3. The Labute approximate surface area is 224 Å². The average Bonchev–Trinajstić information content (AvgIpc) is 3.59. The molecule has 1 aliphatic rings. The quantitative estimate of drug-likeness (QED) is 0.300. The predicted octanol–water partition coefficient (Wildman–Crippen LogP) is 4.34. The van der Waals surface area contributed by atoms with E-state index in [1.165, 1.54) is 11.3 Å². The van der Waals surface area contributed by atoms with Crippen molar-refractivity contribution in [1.29, 1.82) is 0 Å². The van der Waals surface area contributed by atoms with Crippen LogP contribution in [0.1, 0.15) is 33.0 Å². The summed E-state index contributed by atoms with van der Waals surface area (Å²) in [5, 5.41) is 9.20. The van der Waals surface area contributed by atoms with Crippen LogP contribution < -0.4 is 16.0 Å². The molecule has 3 aromatic heterocycles. The zero-order chi connectivity index (χ0) is 26.7. The lowest BCUT2D eigenvalue weighted by Gasteiger charge is -2.25. The number of rotatable bonds is 7. The van der Waals surface area contributed by atoms with Gasteiger partial charge in [-0.15, -0.1) is 0 Å². The molecule has 0 radical (unpaired) electrons. The van der Waals surface area contributed by atoms with Gasteiger partial charge in [0.25, 0.3) is 0 Å². The highest BCUT2D eigenvalue weighted by molar-refractivity contribution is 7.22. The van der Waals surface area contributed by atoms with Gasteiger partial charge >= 0.3 is 12.0 Å². The van der Waals surface area contributed by atoms with E-state index in [4.69, 9.17) is 4.74 Å². The number of esters is 1. The van der Waals surface area contributed by atoms with Gasteiger partial charge in [0.1, 0.15) is 0 Å². The third kappa shape index (κ3) is 5.48. The van der Waals surface area contributed by atoms with Gasteiger partial charge < -0.3 is 15.4 Å². The van der Waals surface area contributed by atoms with Gasteiger partial charge in [0, 0.05) is 42.8 Å². The van der Waals surface area contributed by atoms with Crippen LogP contribution in [0.25, 0.3) is 32.6 Å². The van der Waals surface area contributed by atoms with Crippen molar-refractivity contribution in [2.24, 2.45) is 5.92 Å². The van der Waals surface area contributed by atoms with Crippen LogP contribution in [-0.2, 0) is 15.1 Å². The van der Waals surface area contributed by atoms with Crippen molar-refractivity contribution >= 4 is 38.7 Å². The van der Waals surface area contributed by atoms with Gasteiger partial charge in [-0.05, 0) is 63.6 Å². The molecule has 0 aliphatic carbocycles. The van der Waals surface area contributed by atoms with Gasteiger partial charge in [0.05, 0.1) is 21.8 Å². The van der Waals surface area contributed by atoms with E-state index in [1.807, 2.05) is 37.3 Å². The highest BCUT2D eigenvalue weighted by Crippen LogP contribution is 2.38. The third-order valence-corrected chi connectivity index (χ3v) is 7.28. The second-order valence-electron chi connectivity index (χ2n) is 9.51. The fourth-order valence-electron chi connectivity index (χ4n) is 4.29. The van der Waals surface area contributed by atoms with Crippen LogP contribution in [0.4, 0.5) is 9.93 Å². The Balaban J connectivity index is 1.47. The molecule has 1 aliphatic heterocycles. The molecule has 0 bridgehead atoms. The maximum absolute atomic E-state index is 12.6. The molecule has 0 spiro atoms. The SMILES string of the molecule is CCNC(=O)Nc1nc2cc(-c3cnc(C(C)(C)OC(=O)[C@@H]4CCNC4)nc3)cc(-c3ccccn3)c2s1. The zero-order valence-electron chi connectivity index (χ0n) is 21.4. The molecular weight excluding hydrogens is 502 g/mol. The van der Waals surface area contributed by atoms with Crippen molar-refractivity contribution in [2.45, 2.75) is 32.8 Å². The number of ether oxygens (including phenoxy) is 1. The fraction of sp³-hybridized carbons (Fsp3) is 0.333. The summed E-state index contributed by atoms with van der Waals surface area (Å²) in [6.45, 7) is 7.42. The molecule has 5 rings (SSSR count). The number of hydrogen-bond acceptors (Lipinski definition) is 9. The summed E-state index contributed by atoms with van der Waals surface area (Å²) in [6, 6.07) is 9.39. The first-order valence-electron chi connectivity index (χ1n) is 12.5. The number of pyridine rings is 1. The summed E-state index contributed by atoms with van der Waals surface area (Å²) in [6.07, 6.45) is 5.95. The molecule has 11 heteroatoms. The molecule has 1 saturated heterocycles. The molecule has 3 N–H and O–H groups in total. The van der Waals surface area contributed by atoms with E-state index in [0.717, 1.165) is 45.6 Å². The highest BCUT2D eigenvalue weighted by atomic mass is 32.1. The van der Waals surface area contributed by atoms with Crippen LogP contribution in [0.2, 0.25) is 0 Å². The van der Waals surface area contributed by atoms with E-state index in [1.54, 1.807) is 32.4 Å². The van der Waals surface area contributed by atoms with Gasteiger partial charge in [-0.25, -0.2) is 19.7 Å². The first-order chi connectivity index (χ1) is 18.3. The van der Waals surface area contributed by atoms with Gasteiger partial charge in [-0.2, -0.15) is 0 Å². The van der Waals surface area contributed by atoms with Crippen LogP contribution in [-0.4, -0.2) is 51.6 Å². The number of hydrogen-bond donors (Lipinski definition) is 3. The number of aromatic nitrogens is 4. The summed E-state index contributed by atoms with van der Waals surface area (Å²) in [4.78, 5) is 42.9. The van der Waals surface area contributed by atoms with Crippen molar-refractivity contribution in [1.82, 2.24) is 30.6 Å². The van der Waals surface area contributed by atoms with E-state index in [-0.39, 0.29) is 17.9 Å². The van der Waals surface area contributed by atoms with Gasteiger partial charge in [-0.3, -0.25) is 15.1 Å². The Morgan fingerprint density at radius 3 is 2.66 bits per heavy atom. The Hall–Kier alpha value is -3.96. The lowest BCUT2D eigenvalue weighted by molar-refractivity contribution is -0.162. The smallest absolute Gasteiger partial charge is 0.321 e. The van der Waals surface area contributed by atoms with Crippen molar-refractivity contribution in [3.05, 3.63) is 54.7 Å². The number of carbonyl (C=O) groups is 2. The number of thiazole rings is 1. The number of anilines is 1. The maximum atomic E-state index is 12.6. The Kier molecular flexibility index (Phi) is 7.30. The normalized spacial score (nSPS) is 15.4. The molecule has 0 saturated carbocycles. The minimum absolute atomic E-state index is 0.143. The van der Waals surface area contributed by atoms with E-state index in [2.05, 4.69) is 35.9 Å². The van der Waals surface area contributed by atoms with Crippen molar-refractivity contribution < 1.29 is 14.3 Å². The van der Waals surface area contributed by atoms with Crippen LogP contribution in [0.15, 0.2) is 48.9 Å². The van der Waals surface area contributed by atoms with E-state index in [0.29, 0.717) is 24.0 Å². The molecule has 38 heavy (non-hydrogen) atoms. The summed E-state index contributed by atoms with van der Waals surface area (Å²) in [5.41, 5.74) is 3.08. The number of benzene rings is 1. The van der Waals surface area contributed by atoms with Crippen molar-refractivity contribution in [3.63, 3.8) is 0 Å². The average molecular weight is 532 g/mol. The molecule has 0 unspecified atom stereocenters. The summed E-state index contributed by atoms with van der Waals surface area (Å²) >= 11 is 1.39. The minimum Gasteiger partial charge on any atom is -0.451 e. The van der Waals surface area contributed by atoms with Crippen molar-refractivity contribution in [2.75, 3.05) is 25.0 Å². The largest absolute Gasteiger partial charge is 0.451 e. The third-order valence-electron chi connectivity index (χ3n) is 6.26. The topological polar surface area (TPSA) is 131 Å². The van der Waals surface area contributed by atoms with Crippen LogP contribution in [0.5, 0.6) is 0 Å². The molecular formula is C27H29N7O3S. The van der Waals surface area contributed by atoms with E-state index in [9.17, 15) is 9.59 Å². The highest BCUT2D eigenvalue weighted by Gasteiger charge is 2.33. The number of carbonyl (C=O) groups excluding carboxylic acids is 2.